The van der Waals surface area contributed by atoms with Gasteiger partial charge in [0.05, 0.1) is 5.03 Å². The third kappa shape index (κ3) is 4.24. The predicted octanol–water partition coefficient (Wildman–Crippen LogP) is 3.60. The Hall–Kier alpha value is -2.57. The number of pyridine rings is 1. The smallest absolute Gasteiger partial charge is 0.282 e. The molecule has 0 saturated carbocycles. The van der Waals surface area contributed by atoms with Crippen LogP contribution < -0.4 is 5.32 Å². The molecule has 24 heavy (non-hydrogen) atoms. The van der Waals surface area contributed by atoms with Crippen LogP contribution in [-0.4, -0.2) is 21.1 Å². The van der Waals surface area contributed by atoms with Gasteiger partial charge >= 0.3 is 0 Å². The molecule has 7 heteroatoms. The van der Waals surface area contributed by atoms with E-state index >= 15 is 0 Å². The Labute approximate surface area is 148 Å². The summed E-state index contributed by atoms with van der Waals surface area (Å²) in [5.74, 6) is -0.270. The number of amides is 1. The number of nitrogens with one attached hydrogen (secondary N) is 1. The van der Waals surface area contributed by atoms with E-state index in [0.717, 1.165) is 22.5 Å². The summed E-state index contributed by atoms with van der Waals surface area (Å²) in [7, 11) is 0. The molecule has 0 aliphatic carbocycles. The molecule has 5 nitrogen and oxygen atoms in total. The molecule has 0 bridgehead atoms. The van der Waals surface area contributed by atoms with Crippen LogP contribution >= 0.6 is 22.9 Å². The summed E-state index contributed by atoms with van der Waals surface area (Å²) in [6.07, 6.45) is 5.11. The van der Waals surface area contributed by atoms with E-state index in [1.165, 1.54) is 0 Å². The lowest BCUT2D eigenvalue weighted by Crippen LogP contribution is -2.22. The van der Waals surface area contributed by atoms with E-state index in [1.807, 2.05) is 42.5 Å². The van der Waals surface area contributed by atoms with Gasteiger partial charge in [-0.2, -0.15) is 0 Å². The molecule has 0 unspecified atom stereocenters. The first-order valence-electron chi connectivity index (χ1n) is 7.15. The molecule has 1 amide bonds. The van der Waals surface area contributed by atoms with E-state index in [-0.39, 0.29) is 10.9 Å². The second kappa shape index (κ2) is 7.81. The topological polar surface area (TPSA) is 67.8 Å². The van der Waals surface area contributed by atoms with Gasteiger partial charge < -0.3 is 5.32 Å². The zero-order valence-electron chi connectivity index (χ0n) is 12.5. The highest BCUT2D eigenvalue weighted by molar-refractivity contribution is 7.15. The minimum Gasteiger partial charge on any atom is -0.346 e. The van der Waals surface area contributed by atoms with Gasteiger partial charge in [0.25, 0.3) is 5.91 Å². The van der Waals surface area contributed by atoms with Crippen molar-refractivity contribution in [3.63, 3.8) is 0 Å². The predicted molar refractivity (Wildman–Crippen MR) is 95.5 cm³/mol. The lowest BCUT2D eigenvalue weighted by molar-refractivity contribution is 0.0950. The van der Waals surface area contributed by atoms with Gasteiger partial charge in [0, 0.05) is 18.9 Å². The average Bonchev–Trinajstić information content (AvgIpc) is 3.12. The van der Waals surface area contributed by atoms with Crippen molar-refractivity contribution in [1.29, 1.82) is 0 Å². The lowest BCUT2D eigenvalue weighted by Gasteiger charge is -2.02. The van der Waals surface area contributed by atoms with Crippen LogP contribution in [-0.2, 0) is 6.54 Å². The maximum absolute atomic E-state index is 12.1. The van der Waals surface area contributed by atoms with Crippen LogP contribution in [0.25, 0.3) is 11.1 Å². The van der Waals surface area contributed by atoms with Crippen LogP contribution in [0.15, 0.2) is 54.9 Å². The molecule has 2 heterocycles. The Morgan fingerprint density at radius 1 is 1.12 bits per heavy atom. The first-order valence-corrected chi connectivity index (χ1v) is 8.35. The van der Waals surface area contributed by atoms with Crippen molar-refractivity contribution in [1.82, 2.24) is 20.5 Å². The molecule has 3 rings (SSSR count). The van der Waals surface area contributed by atoms with Crippen molar-refractivity contribution in [2.45, 2.75) is 6.54 Å². The van der Waals surface area contributed by atoms with Crippen molar-refractivity contribution in [3.8, 4) is 0 Å². The second-order valence-electron chi connectivity index (χ2n) is 4.86. The number of halogens is 1. The van der Waals surface area contributed by atoms with Crippen LogP contribution in [0.5, 0.6) is 0 Å². The van der Waals surface area contributed by atoms with E-state index < -0.39 is 0 Å². The molecule has 1 N–H and O–H groups in total. The Morgan fingerprint density at radius 3 is 2.67 bits per heavy atom. The van der Waals surface area contributed by atoms with Gasteiger partial charge in [0.15, 0.2) is 5.01 Å². The molecular weight excluding hydrogens is 344 g/mol. The zero-order valence-corrected chi connectivity index (χ0v) is 14.1. The van der Waals surface area contributed by atoms with Crippen LogP contribution in [0.1, 0.15) is 25.9 Å². The largest absolute Gasteiger partial charge is 0.346 e. The Morgan fingerprint density at radius 2 is 1.92 bits per heavy atom. The van der Waals surface area contributed by atoms with E-state index in [2.05, 4.69) is 20.5 Å². The number of rotatable bonds is 5. The van der Waals surface area contributed by atoms with Crippen molar-refractivity contribution in [2.24, 2.45) is 0 Å². The average molecular weight is 357 g/mol. The van der Waals surface area contributed by atoms with Crippen molar-refractivity contribution in [3.05, 3.63) is 76.0 Å². The molecule has 0 saturated heterocycles. The molecule has 0 aliphatic heterocycles. The normalized spacial score (nSPS) is 11.3. The maximum atomic E-state index is 12.1. The highest BCUT2D eigenvalue weighted by Crippen LogP contribution is 2.25. The monoisotopic (exact) mass is 356 g/mol. The molecule has 0 fully saturated rings. The molecular formula is C17H13ClN4OS. The number of aromatic nitrogens is 3. The SMILES string of the molecule is O=C(NCc1ccccc1)c1nnc(/C(Cl)=C\c2cccnc2)s1. The van der Waals surface area contributed by atoms with Gasteiger partial charge in [-0.05, 0) is 23.3 Å². The maximum Gasteiger partial charge on any atom is 0.282 e. The molecule has 0 aliphatic rings. The lowest BCUT2D eigenvalue weighted by atomic mass is 10.2. The summed E-state index contributed by atoms with van der Waals surface area (Å²) in [5.41, 5.74) is 1.87. The van der Waals surface area contributed by atoms with Crippen LogP contribution in [0, 0.1) is 0 Å². The van der Waals surface area contributed by atoms with Gasteiger partial charge in [0.2, 0.25) is 5.01 Å². The first-order chi connectivity index (χ1) is 11.7. The summed E-state index contributed by atoms with van der Waals surface area (Å²) in [6.45, 7) is 0.438. The number of carbonyl (C=O) groups is 1. The molecule has 0 spiro atoms. The zero-order chi connectivity index (χ0) is 16.8. The van der Waals surface area contributed by atoms with E-state index in [9.17, 15) is 4.79 Å². The minimum absolute atomic E-state index is 0.270. The van der Waals surface area contributed by atoms with Crippen molar-refractivity contribution in [2.75, 3.05) is 0 Å². The summed E-state index contributed by atoms with van der Waals surface area (Å²) in [6, 6.07) is 13.4. The van der Waals surface area contributed by atoms with Gasteiger partial charge in [-0.3, -0.25) is 9.78 Å². The van der Waals surface area contributed by atoms with Gasteiger partial charge in [-0.1, -0.05) is 59.3 Å². The van der Waals surface area contributed by atoms with Crippen molar-refractivity contribution < 1.29 is 4.79 Å². The van der Waals surface area contributed by atoms with Gasteiger partial charge in [-0.25, -0.2) is 0 Å². The number of carbonyl (C=O) groups excluding carboxylic acids is 1. The Bertz CT molecular complexity index is 849. The number of benzene rings is 1. The van der Waals surface area contributed by atoms with E-state index in [0.29, 0.717) is 16.6 Å². The van der Waals surface area contributed by atoms with E-state index in [1.54, 1.807) is 18.5 Å². The quantitative estimate of drug-likeness (QED) is 0.758. The molecule has 3 aromatic rings. The number of nitrogens with zero attached hydrogens (tertiary/aromatic N) is 3. The first kappa shape index (κ1) is 16.3. The fourth-order valence-electron chi connectivity index (χ4n) is 1.93. The summed E-state index contributed by atoms with van der Waals surface area (Å²) >= 11 is 7.39. The Kier molecular flexibility index (Phi) is 5.30. The molecule has 1 aromatic carbocycles. The molecule has 0 atom stereocenters. The van der Waals surface area contributed by atoms with Crippen LogP contribution in [0.2, 0.25) is 0 Å². The van der Waals surface area contributed by atoms with Gasteiger partial charge in [0.1, 0.15) is 0 Å². The number of hydrogen-bond acceptors (Lipinski definition) is 5. The number of hydrogen-bond donors (Lipinski definition) is 1. The second-order valence-corrected chi connectivity index (χ2v) is 6.24. The third-order valence-corrected chi connectivity index (χ3v) is 4.45. The standard InChI is InChI=1S/C17H13ClN4OS/c18-14(9-13-7-4-8-19-10-13)16-21-22-17(24-16)15(23)20-11-12-5-2-1-3-6-12/h1-10H,11H2,(H,20,23)/b14-9+. The molecule has 2 aromatic heterocycles. The van der Waals surface area contributed by atoms with Crippen LogP contribution in [0.3, 0.4) is 0 Å². The summed E-state index contributed by atoms with van der Waals surface area (Å²) in [4.78, 5) is 16.2. The Balaban J connectivity index is 1.66. The van der Waals surface area contributed by atoms with Crippen molar-refractivity contribution >= 4 is 40.0 Å². The highest BCUT2D eigenvalue weighted by atomic mass is 35.5. The fraction of sp³-hybridized carbons (Fsp3) is 0.0588. The highest BCUT2D eigenvalue weighted by Gasteiger charge is 2.14. The van der Waals surface area contributed by atoms with E-state index in [4.69, 9.17) is 11.6 Å². The van der Waals surface area contributed by atoms with Gasteiger partial charge in [-0.15, -0.1) is 10.2 Å². The third-order valence-electron chi connectivity index (χ3n) is 3.10. The minimum atomic E-state index is -0.270. The summed E-state index contributed by atoms with van der Waals surface area (Å²) in [5, 5.41) is 11.9. The molecule has 0 radical (unpaired) electrons. The summed E-state index contributed by atoms with van der Waals surface area (Å²) < 4.78 is 0. The fourth-order valence-corrected chi connectivity index (χ4v) is 2.88. The molecule has 120 valence electrons. The van der Waals surface area contributed by atoms with Crippen LogP contribution in [0.4, 0.5) is 0 Å².